The molecule has 0 aromatic rings. The summed E-state index contributed by atoms with van der Waals surface area (Å²) in [5, 5.41) is 0. The van der Waals surface area contributed by atoms with E-state index in [0.717, 1.165) is 11.8 Å². The van der Waals surface area contributed by atoms with Crippen LogP contribution in [-0.2, 0) is 0 Å². The molecular weight excluding hydrogens is 264 g/mol. The van der Waals surface area contributed by atoms with E-state index in [9.17, 15) is 0 Å². The first-order valence-electron chi connectivity index (χ1n) is 10.7. The molecule has 0 N–H and O–H groups in total. The van der Waals surface area contributed by atoms with E-state index in [-0.39, 0.29) is 0 Å². The summed E-state index contributed by atoms with van der Waals surface area (Å²) >= 11 is 0. The molecule has 0 amide bonds. The van der Waals surface area contributed by atoms with E-state index in [1.54, 1.807) is 0 Å². The summed E-state index contributed by atoms with van der Waals surface area (Å²) < 4.78 is 0. The quantitative estimate of drug-likeness (QED) is 0.236. The molecule has 0 radical (unpaired) electrons. The van der Waals surface area contributed by atoms with Gasteiger partial charge in [-0.05, 0) is 18.3 Å². The van der Waals surface area contributed by atoms with Gasteiger partial charge in [-0.15, -0.1) is 0 Å². The summed E-state index contributed by atoms with van der Waals surface area (Å²) in [5.41, 5.74) is 0. The lowest BCUT2D eigenvalue weighted by Crippen LogP contribution is -2.07. The van der Waals surface area contributed by atoms with Crippen molar-refractivity contribution in [2.24, 2.45) is 11.8 Å². The van der Waals surface area contributed by atoms with Gasteiger partial charge in [0, 0.05) is 0 Å². The zero-order valence-corrected chi connectivity index (χ0v) is 16.5. The summed E-state index contributed by atoms with van der Waals surface area (Å²) in [4.78, 5) is 0. The molecule has 0 aliphatic heterocycles. The summed E-state index contributed by atoms with van der Waals surface area (Å²) in [7, 11) is 0. The van der Waals surface area contributed by atoms with Crippen molar-refractivity contribution in [3.63, 3.8) is 0 Å². The topological polar surface area (TPSA) is 0 Å². The molecule has 0 saturated carbocycles. The van der Waals surface area contributed by atoms with Crippen molar-refractivity contribution in [1.82, 2.24) is 0 Å². The minimum Gasteiger partial charge on any atom is -0.0654 e. The van der Waals surface area contributed by atoms with E-state index in [2.05, 4.69) is 27.7 Å². The maximum absolute atomic E-state index is 2.50. The largest absolute Gasteiger partial charge is 0.0654 e. The van der Waals surface area contributed by atoms with Crippen LogP contribution in [0.3, 0.4) is 0 Å². The Morgan fingerprint density at radius 1 is 0.500 bits per heavy atom. The van der Waals surface area contributed by atoms with Crippen LogP contribution in [-0.4, -0.2) is 0 Å². The first-order chi connectivity index (χ1) is 10.7. The molecule has 0 spiro atoms. The van der Waals surface area contributed by atoms with Crippen LogP contribution in [0.15, 0.2) is 0 Å². The fraction of sp³-hybridized carbons (Fsp3) is 1.00. The highest BCUT2D eigenvalue weighted by Gasteiger charge is 2.12. The molecule has 0 aliphatic rings. The van der Waals surface area contributed by atoms with Gasteiger partial charge in [0.25, 0.3) is 0 Å². The summed E-state index contributed by atoms with van der Waals surface area (Å²) in [5.74, 6) is 1.97. The highest BCUT2D eigenvalue weighted by atomic mass is 14.2. The summed E-state index contributed by atoms with van der Waals surface area (Å²) in [6.07, 6.45) is 23.2. The van der Waals surface area contributed by atoms with Crippen LogP contribution in [0.1, 0.15) is 130 Å². The second-order valence-corrected chi connectivity index (χ2v) is 7.75. The number of rotatable bonds is 17. The fourth-order valence-corrected chi connectivity index (χ4v) is 3.78. The Hall–Kier alpha value is 0. The van der Waals surface area contributed by atoms with Crippen molar-refractivity contribution in [1.29, 1.82) is 0 Å². The van der Waals surface area contributed by atoms with Gasteiger partial charge in [0.05, 0.1) is 0 Å². The van der Waals surface area contributed by atoms with Gasteiger partial charge < -0.3 is 0 Å². The van der Waals surface area contributed by atoms with Crippen molar-refractivity contribution in [2.75, 3.05) is 0 Å². The average molecular weight is 311 g/mol. The van der Waals surface area contributed by atoms with Gasteiger partial charge in [0.1, 0.15) is 0 Å². The Morgan fingerprint density at radius 3 is 1.59 bits per heavy atom. The molecule has 0 bridgehead atoms. The zero-order valence-electron chi connectivity index (χ0n) is 16.5. The van der Waals surface area contributed by atoms with Crippen LogP contribution >= 0.6 is 0 Å². The van der Waals surface area contributed by atoms with Crippen molar-refractivity contribution >= 4 is 0 Å². The van der Waals surface area contributed by atoms with Crippen molar-refractivity contribution < 1.29 is 0 Å². The van der Waals surface area contributed by atoms with E-state index in [1.807, 2.05) is 0 Å². The predicted octanol–water partition coefficient (Wildman–Crippen LogP) is 8.54. The maximum Gasteiger partial charge on any atom is -0.0412 e. The Morgan fingerprint density at radius 2 is 1.00 bits per heavy atom. The molecule has 2 unspecified atom stereocenters. The fourth-order valence-electron chi connectivity index (χ4n) is 3.78. The van der Waals surface area contributed by atoms with Crippen LogP contribution < -0.4 is 0 Å². The van der Waals surface area contributed by atoms with E-state index in [1.165, 1.54) is 103 Å². The van der Waals surface area contributed by atoms with Gasteiger partial charge in [-0.3, -0.25) is 0 Å². The van der Waals surface area contributed by atoms with Crippen molar-refractivity contribution in [3.8, 4) is 0 Å². The number of hydrogen-bond donors (Lipinski definition) is 0. The molecular formula is C22H46. The molecule has 0 aliphatic carbocycles. The Balaban J connectivity index is 3.66. The third kappa shape index (κ3) is 14.9. The minimum absolute atomic E-state index is 0.956. The normalized spacial score (nSPS) is 14.2. The van der Waals surface area contributed by atoms with Crippen LogP contribution in [0.5, 0.6) is 0 Å². The predicted molar refractivity (Wildman–Crippen MR) is 104 cm³/mol. The average Bonchev–Trinajstić information content (AvgIpc) is 2.51. The highest BCUT2D eigenvalue weighted by Crippen LogP contribution is 2.26. The molecule has 0 aromatic carbocycles. The molecule has 22 heavy (non-hydrogen) atoms. The highest BCUT2D eigenvalue weighted by molar-refractivity contribution is 4.65. The van der Waals surface area contributed by atoms with Gasteiger partial charge in [-0.1, -0.05) is 124 Å². The second-order valence-electron chi connectivity index (χ2n) is 7.75. The van der Waals surface area contributed by atoms with Crippen molar-refractivity contribution in [3.05, 3.63) is 0 Å². The molecule has 2 atom stereocenters. The SMILES string of the molecule is CCCCCCCCCC(CCC)CC(C)CCCCCC. The molecule has 0 saturated heterocycles. The third-order valence-electron chi connectivity index (χ3n) is 5.20. The van der Waals surface area contributed by atoms with E-state index >= 15 is 0 Å². The summed E-state index contributed by atoms with van der Waals surface area (Å²) in [6.45, 7) is 9.48. The summed E-state index contributed by atoms with van der Waals surface area (Å²) in [6, 6.07) is 0. The van der Waals surface area contributed by atoms with Crippen LogP contribution in [0, 0.1) is 11.8 Å². The van der Waals surface area contributed by atoms with Gasteiger partial charge >= 0.3 is 0 Å². The Bertz CT molecular complexity index is 196. The molecule has 134 valence electrons. The smallest absolute Gasteiger partial charge is 0.0412 e. The first-order valence-corrected chi connectivity index (χ1v) is 10.7. The van der Waals surface area contributed by atoms with Crippen LogP contribution in [0.4, 0.5) is 0 Å². The van der Waals surface area contributed by atoms with Crippen molar-refractivity contribution in [2.45, 2.75) is 130 Å². The zero-order chi connectivity index (χ0) is 16.5. The van der Waals surface area contributed by atoms with E-state index in [4.69, 9.17) is 0 Å². The molecule has 0 rings (SSSR count). The Kier molecular flexibility index (Phi) is 17.4. The molecule has 0 aromatic heterocycles. The van der Waals surface area contributed by atoms with Crippen LogP contribution in [0.2, 0.25) is 0 Å². The third-order valence-corrected chi connectivity index (χ3v) is 5.20. The maximum atomic E-state index is 2.50. The van der Waals surface area contributed by atoms with Gasteiger partial charge in [0.2, 0.25) is 0 Å². The number of unbranched alkanes of at least 4 members (excludes halogenated alkanes) is 9. The standard InChI is InChI=1S/C22H46/c1-5-8-10-12-13-14-16-19-22(17-7-3)20-21(4)18-15-11-9-6-2/h21-22H,5-20H2,1-4H3. The van der Waals surface area contributed by atoms with Gasteiger partial charge in [-0.25, -0.2) is 0 Å². The molecule has 0 fully saturated rings. The lowest BCUT2D eigenvalue weighted by molar-refractivity contribution is 0.319. The monoisotopic (exact) mass is 310 g/mol. The number of hydrogen-bond acceptors (Lipinski definition) is 0. The van der Waals surface area contributed by atoms with E-state index < -0.39 is 0 Å². The molecule has 0 heterocycles. The van der Waals surface area contributed by atoms with Gasteiger partial charge in [-0.2, -0.15) is 0 Å². The molecule has 0 heteroatoms. The lowest BCUT2D eigenvalue weighted by Gasteiger charge is -2.20. The van der Waals surface area contributed by atoms with E-state index in [0.29, 0.717) is 0 Å². The lowest BCUT2D eigenvalue weighted by atomic mass is 9.85. The second kappa shape index (κ2) is 17.4. The first kappa shape index (κ1) is 22.0. The van der Waals surface area contributed by atoms with Crippen LogP contribution in [0.25, 0.3) is 0 Å². The Labute approximate surface area is 142 Å². The minimum atomic E-state index is 0.956. The van der Waals surface area contributed by atoms with Gasteiger partial charge in [0.15, 0.2) is 0 Å². The molecule has 0 nitrogen and oxygen atoms in total.